The van der Waals surface area contributed by atoms with Crippen LogP contribution in [0.5, 0.6) is 5.75 Å². The zero-order chi connectivity index (χ0) is 16.2. The van der Waals surface area contributed by atoms with E-state index in [4.69, 9.17) is 21.5 Å². The summed E-state index contributed by atoms with van der Waals surface area (Å²) < 4.78 is 28.1. The molecule has 0 radical (unpaired) electrons. The fourth-order valence-corrected chi connectivity index (χ4v) is 3.51. The molecule has 0 aromatic heterocycles. The van der Waals surface area contributed by atoms with Crippen LogP contribution in [-0.2, 0) is 10.0 Å². The lowest BCUT2D eigenvalue weighted by Gasteiger charge is -2.18. The molecule has 0 aliphatic carbocycles. The summed E-state index contributed by atoms with van der Waals surface area (Å²) in [5.41, 5.74) is 1.96. The fraction of sp³-hybridized carbons (Fsp3) is 0.600. The van der Waals surface area contributed by atoms with Crippen molar-refractivity contribution in [2.45, 2.75) is 40.0 Å². The summed E-state index contributed by atoms with van der Waals surface area (Å²) in [7, 11) is -3.48. The molecule has 0 saturated heterocycles. The Morgan fingerprint density at radius 1 is 1.33 bits per heavy atom. The number of benzene rings is 1. The van der Waals surface area contributed by atoms with E-state index in [0.29, 0.717) is 18.9 Å². The zero-order valence-corrected chi connectivity index (χ0v) is 14.6. The van der Waals surface area contributed by atoms with E-state index >= 15 is 0 Å². The van der Waals surface area contributed by atoms with Crippen LogP contribution in [0.15, 0.2) is 12.1 Å². The number of aryl methyl sites for hydroxylation is 1. The summed E-state index contributed by atoms with van der Waals surface area (Å²) in [5, 5.41) is 5.82. The molecule has 0 aliphatic rings. The first kappa shape index (κ1) is 18.3. The number of primary sulfonamides is 1. The Bertz CT molecular complexity index is 585. The lowest BCUT2D eigenvalue weighted by atomic mass is 10.0. The minimum absolute atomic E-state index is 0.0623. The minimum Gasteiger partial charge on any atom is -0.493 e. The van der Waals surface area contributed by atoms with Gasteiger partial charge in [0.2, 0.25) is 10.0 Å². The largest absolute Gasteiger partial charge is 0.493 e. The number of rotatable bonds is 7. The van der Waals surface area contributed by atoms with Crippen molar-refractivity contribution in [3.8, 4) is 5.75 Å². The number of ether oxygens (including phenoxy) is 1. The number of halogens is 1. The Morgan fingerprint density at radius 2 is 1.95 bits per heavy atom. The third-order valence-corrected chi connectivity index (χ3v) is 4.70. The van der Waals surface area contributed by atoms with Crippen LogP contribution >= 0.6 is 11.6 Å². The molecule has 120 valence electrons. The molecule has 0 aliphatic heterocycles. The van der Waals surface area contributed by atoms with Gasteiger partial charge in [0, 0.05) is 10.9 Å². The van der Waals surface area contributed by atoms with Gasteiger partial charge >= 0.3 is 0 Å². The van der Waals surface area contributed by atoms with Crippen molar-refractivity contribution in [1.82, 2.24) is 0 Å². The molecular formula is C15H24ClNO3S. The van der Waals surface area contributed by atoms with Gasteiger partial charge in [-0.25, -0.2) is 13.6 Å². The van der Waals surface area contributed by atoms with Gasteiger partial charge in [0.25, 0.3) is 0 Å². The van der Waals surface area contributed by atoms with E-state index in [-0.39, 0.29) is 11.7 Å². The van der Waals surface area contributed by atoms with Crippen molar-refractivity contribution in [1.29, 1.82) is 0 Å². The summed E-state index contributed by atoms with van der Waals surface area (Å²) in [6.45, 7) is 8.30. The maximum atomic E-state index is 11.2. The van der Waals surface area contributed by atoms with Gasteiger partial charge in [-0.2, -0.15) is 0 Å². The molecule has 2 N–H and O–H groups in total. The first-order chi connectivity index (χ1) is 9.64. The molecule has 1 atom stereocenters. The van der Waals surface area contributed by atoms with Gasteiger partial charge in [0.15, 0.2) is 0 Å². The first-order valence-electron chi connectivity index (χ1n) is 7.07. The predicted octanol–water partition coefficient (Wildman–Crippen LogP) is 3.47. The van der Waals surface area contributed by atoms with Gasteiger partial charge in [0.05, 0.1) is 12.4 Å². The molecule has 1 aromatic rings. The Labute approximate surface area is 132 Å². The smallest absolute Gasteiger partial charge is 0.209 e. The summed E-state index contributed by atoms with van der Waals surface area (Å²) >= 11 is 6.22. The van der Waals surface area contributed by atoms with E-state index in [1.807, 2.05) is 26.0 Å². The Hall–Kier alpha value is -0.780. The predicted molar refractivity (Wildman–Crippen MR) is 87.5 cm³/mol. The number of nitrogens with two attached hydrogens (primary N) is 1. The quantitative estimate of drug-likeness (QED) is 0.830. The molecule has 4 nitrogen and oxygen atoms in total. The molecule has 1 aromatic carbocycles. The summed E-state index contributed by atoms with van der Waals surface area (Å²) in [6, 6.07) is 3.82. The highest BCUT2D eigenvalue weighted by atomic mass is 35.5. The highest BCUT2D eigenvalue weighted by molar-refractivity contribution is 7.89. The van der Waals surface area contributed by atoms with E-state index in [0.717, 1.165) is 21.9 Å². The standard InChI is InChI=1S/C15H24ClNO3S/c1-5-12(9-21(17,18)19)8-20-15-7-13(10(2)3)14(16)6-11(15)4/h6-7,10,12H,5,8-9H2,1-4H3,(H2,17,18,19). The van der Waals surface area contributed by atoms with Gasteiger partial charge < -0.3 is 4.74 Å². The van der Waals surface area contributed by atoms with Crippen LogP contribution in [0.1, 0.15) is 44.2 Å². The average Bonchev–Trinajstić information content (AvgIpc) is 2.34. The summed E-state index contributed by atoms with van der Waals surface area (Å²) in [6.07, 6.45) is 0.695. The lowest BCUT2D eigenvalue weighted by Crippen LogP contribution is -2.26. The lowest BCUT2D eigenvalue weighted by molar-refractivity contribution is 0.256. The average molecular weight is 334 g/mol. The highest BCUT2D eigenvalue weighted by Crippen LogP contribution is 2.31. The van der Waals surface area contributed by atoms with Crippen LogP contribution in [0, 0.1) is 12.8 Å². The first-order valence-corrected chi connectivity index (χ1v) is 9.16. The van der Waals surface area contributed by atoms with Gasteiger partial charge in [-0.15, -0.1) is 0 Å². The maximum absolute atomic E-state index is 11.2. The summed E-state index contributed by atoms with van der Waals surface area (Å²) in [4.78, 5) is 0. The Balaban J connectivity index is 2.85. The Morgan fingerprint density at radius 3 is 2.43 bits per heavy atom. The highest BCUT2D eigenvalue weighted by Gasteiger charge is 2.16. The monoisotopic (exact) mass is 333 g/mol. The second kappa shape index (κ2) is 7.47. The van der Waals surface area contributed by atoms with Gasteiger partial charge in [-0.3, -0.25) is 0 Å². The number of hydrogen-bond acceptors (Lipinski definition) is 3. The molecule has 0 heterocycles. The van der Waals surface area contributed by atoms with E-state index in [9.17, 15) is 8.42 Å². The van der Waals surface area contributed by atoms with Crippen molar-refractivity contribution < 1.29 is 13.2 Å². The fourth-order valence-electron chi connectivity index (χ4n) is 2.09. The minimum atomic E-state index is -3.48. The van der Waals surface area contributed by atoms with Crippen molar-refractivity contribution in [3.63, 3.8) is 0 Å². The SMILES string of the molecule is CCC(COc1cc(C(C)C)c(Cl)cc1C)CS(N)(=O)=O. The third kappa shape index (κ3) is 5.85. The topological polar surface area (TPSA) is 69.4 Å². The summed E-state index contributed by atoms with van der Waals surface area (Å²) in [5.74, 6) is 0.869. The van der Waals surface area contributed by atoms with Crippen LogP contribution in [0.3, 0.4) is 0 Å². The van der Waals surface area contributed by atoms with Crippen molar-refractivity contribution in [2.75, 3.05) is 12.4 Å². The zero-order valence-electron chi connectivity index (χ0n) is 13.0. The van der Waals surface area contributed by atoms with E-state index in [1.165, 1.54) is 0 Å². The van der Waals surface area contributed by atoms with Crippen LogP contribution < -0.4 is 9.88 Å². The molecule has 0 amide bonds. The molecule has 0 fully saturated rings. The van der Waals surface area contributed by atoms with E-state index in [2.05, 4.69) is 13.8 Å². The molecule has 6 heteroatoms. The van der Waals surface area contributed by atoms with E-state index < -0.39 is 10.0 Å². The second-order valence-electron chi connectivity index (χ2n) is 5.71. The van der Waals surface area contributed by atoms with Crippen molar-refractivity contribution in [2.24, 2.45) is 11.1 Å². The molecule has 21 heavy (non-hydrogen) atoms. The van der Waals surface area contributed by atoms with Gasteiger partial charge in [-0.1, -0.05) is 32.4 Å². The maximum Gasteiger partial charge on any atom is 0.209 e. The molecule has 0 bridgehead atoms. The van der Waals surface area contributed by atoms with E-state index in [1.54, 1.807) is 0 Å². The van der Waals surface area contributed by atoms with Crippen LogP contribution in [-0.4, -0.2) is 20.8 Å². The molecule has 1 unspecified atom stereocenters. The van der Waals surface area contributed by atoms with Crippen molar-refractivity contribution >= 4 is 21.6 Å². The van der Waals surface area contributed by atoms with Gasteiger partial charge in [0.1, 0.15) is 5.75 Å². The van der Waals surface area contributed by atoms with Crippen LogP contribution in [0.25, 0.3) is 0 Å². The second-order valence-corrected chi connectivity index (χ2v) is 7.77. The van der Waals surface area contributed by atoms with Crippen LogP contribution in [0.2, 0.25) is 5.02 Å². The molecule has 0 spiro atoms. The molecule has 0 saturated carbocycles. The molecular weight excluding hydrogens is 310 g/mol. The van der Waals surface area contributed by atoms with Crippen molar-refractivity contribution in [3.05, 3.63) is 28.3 Å². The van der Waals surface area contributed by atoms with Crippen LogP contribution in [0.4, 0.5) is 0 Å². The Kier molecular flexibility index (Phi) is 6.50. The number of sulfonamides is 1. The number of hydrogen-bond donors (Lipinski definition) is 1. The van der Waals surface area contributed by atoms with Gasteiger partial charge in [-0.05, 0) is 42.5 Å². The molecule has 1 rings (SSSR count). The normalized spacial score (nSPS) is 13.5. The third-order valence-electron chi connectivity index (χ3n) is 3.44.